The highest BCUT2D eigenvalue weighted by Gasteiger charge is 2.05. The summed E-state index contributed by atoms with van der Waals surface area (Å²) in [6, 6.07) is 0.478. The van der Waals surface area contributed by atoms with Gasteiger partial charge in [-0.15, -0.1) is 0 Å². The van der Waals surface area contributed by atoms with Gasteiger partial charge in [0.25, 0.3) is 0 Å². The summed E-state index contributed by atoms with van der Waals surface area (Å²) in [6.45, 7) is 9.57. The molecule has 0 aromatic carbocycles. The number of hydrogen-bond donors (Lipinski definition) is 2. The fourth-order valence-electron chi connectivity index (χ4n) is 1.11. The van der Waals surface area contributed by atoms with Crippen LogP contribution in [0.15, 0.2) is 12.2 Å². The van der Waals surface area contributed by atoms with E-state index in [2.05, 4.69) is 18.8 Å². The predicted octanol–water partition coefficient (Wildman–Crippen LogP) is 1.64. The zero-order valence-electron chi connectivity index (χ0n) is 9.01. The van der Waals surface area contributed by atoms with Crippen LogP contribution in [0.1, 0.15) is 26.7 Å². The van der Waals surface area contributed by atoms with Gasteiger partial charge in [-0.05, 0) is 19.8 Å². The molecule has 2 N–H and O–H groups in total. The van der Waals surface area contributed by atoms with E-state index in [1.165, 1.54) is 5.06 Å². The second-order valence-electron chi connectivity index (χ2n) is 3.61. The van der Waals surface area contributed by atoms with Gasteiger partial charge in [0.2, 0.25) is 0 Å². The maximum Gasteiger partial charge on any atom is 0.0249 e. The summed E-state index contributed by atoms with van der Waals surface area (Å²) in [5, 5.41) is 13.6. The fourth-order valence-corrected chi connectivity index (χ4v) is 1.11. The van der Waals surface area contributed by atoms with Gasteiger partial charge >= 0.3 is 0 Å². The van der Waals surface area contributed by atoms with Crippen molar-refractivity contribution in [3.05, 3.63) is 12.2 Å². The third-order valence-electron chi connectivity index (χ3n) is 1.99. The van der Waals surface area contributed by atoms with E-state index in [0.29, 0.717) is 12.6 Å². The molecular formula is C10H22N2O. The molecule has 0 aliphatic rings. The Bertz CT molecular complexity index is 146. The summed E-state index contributed by atoms with van der Waals surface area (Å²) in [4.78, 5) is 0. The van der Waals surface area contributed by atoms with Crippen molar-refractivity contribution in [1.29, 1.82) is 0 Å². The summed E-state index contributed by atoms with van der Waals surface area (Å²) in [7, 11) is 1.67. The van der Waals surface area contributed by atoms with Crippen LogP contribution in [0, 0.1) is 0 Å². The van der Waals surface area contributed by atoms with E-state index < -0.39 is 0 Å². The summed E-state index contributed by atoms with van der Waals surface area (Å²) in [5.74, 6) is 0. The first-order chi connectivity index (χ1) is 6.06. The van der Waals surface area contributed by atoms with E-state index in [1.54, 1.807) is 7.05 Å². The number of hydrogen-bond acceptors (Lipinski definition) is 3. The maximum absolute atomic E-state index is 8.96. The quantitative estimate of drug-likeness (QED) is 0.469. The molecule has 0 bridgehead atoms. The van der Waals surface area contributed by atoms with Crippen LogP contribution >= 0.6 is 0 Å². The van der Waals surface area contributed by atoms with Gasteiger partial charge in [-0.1, -0.05) is 19.1 Å². The first kappa shape index (κ1) is 12.6. The molecule has 0 saturated carbocycles. The van der Waals surface area contributed by atoms with Crippen LogP contribution in [-0.2, 0) is 0 Å². The highest BCUT2D eigenvalue weighted by molar-refractivity contribution is 4.91. The summed E-state index contributed by atoms with van der Waals surface area (Å²) < 4.78 is 0. The van der Waals surface area contributed by atoms with Crippen LogP contribution in [-0.4, -0.2) is 36.4 Å². The van der Waals surface area contributed by atoms with Gasteiger partial charge in [0, 0.05) is 26.2 Å². The summed E-state index contributed by atoms with van der Waals surface area (Å²) in [6.07, 6.45) is 2.05. The van der Waals surface area contributed by atoms with Crippen molar-refractivity contribution in [3.8, 4) is 0 Å². The van der Waals surface area contributed by atoms with E-state index in [0.717, 1.165) is 25.0 Å². The van der Waals surface area contributed by atoms with Gasteiger partial charge in [-0.2, -0.15) is 5.06 Å². The molecule has 0 amide bonds. The van der Waals surface area contributed by atoms with Crippen molar-refractivity contribution in [2.45, 2.75) is 32.7 Å². The standard InChI is InChI=1S/C10H22N2O/c1-5-10(6-7-12(4)13)11-8-9(2)3/h10-11,13H,2,5-8H2,1,3-4H3. The Kier molecular flexibility index (Phi) is 6.86. The molecule has 78 valence electrons. The van der Waals surface area contributed by atoms with Crippen molar-refractivity contribution < 1.29 is 5.21 Å². The van der Waals surface area contributed by atoms with E-state index in [-0.39, 0.29) is 0 Å². The van der Waals surface area contributed by atoms with Gasteiger partial charge in [-0.25, -0.2) is 0 Å². The Balaban J connectivity index is 3.57. The molecule has 3 nitrogen and oxygen atoms in total. The van der Waals surface area contributed by atoms with E-state index >= 15 is 0 Å². The first-order valence-corrected chi connectivity index (χ1v) is 4.84. The molecule has 1 unspecified atom stereocenters. The largest absolute Gasteiger partial charge is 0.314 e. The van der Waals surface area contributed by atoms with Crippen molar-refractivity contribution >= 4 is 0 Å². The van der Waals surface area contributed by atoms with Crippen LogP contribution in [0.5, 0.6) is 0 Å². The lowest BCUT2D eigenvalue weighted by molar-refractivity contribution is -0.0669. The fraction of sp³-hybridized carbons (Fsp3) is 0.800. The molecule has 0 fully saturated rings. The smallest absolute Gasteiger partial charge is 0.0249 e. The van der Waals surface area contributed by atoms with Gasteiger partial charge in [0.05, 0.1) is 0 Å². The third-order valence-corrected chi connectivity index (χ3v) is 1.99. The Labute approximate surface area is 81.4 Å². The maximum atomic E-state index is 8.96. The Morgan fingerprint density at radius 1 is 1.62 bits per heavy atom. The van der Waals surface area contributed by atoms with Crippen LogP contribution in [0.2, 0.25) is 0 Å². The first-order valence-electron chi connectivity index (χ1n) is 4.84. The molecule has 0 radical (unpaired) electrons. The average Bonchev–Trinajstić information content (AvgIpc) is 2.04. The number of nitrogens with zero attached hydrogens (tertiary/aromatic N) is 1. The van der Waals surface area contributed by atoms with Gasteiger partial charge < -0.3 is 10.5 Å². The summed E-state index contributed by atoms with van der Waals surface area (Å²) >= 11 is 0. The lowest BCUT2D eigenvalue weighted by atomic mass is 10.1. The van der Waals surface area contributed by atoms with Crippen molar-refractivity contribution in [1.82, 2.24) is 10.4 Å². The van der Waals surface area contributed by atoms with Gasteiger partial charge in [0.15, 0.2) is 0 Å². The third kappa shape index (κ3) is 7.96. The molecule has 1 atom stereocenters. The topological polar surface area (TPSA) is 35.5 Å². The predicted molar refractivity (Wildman–Crippen MR) is 55.9 cm³/mol. The van der Waals surface area contributed by atoms with Crippen LogP contribution < -0.4 is 5.32 Å². The summed E-state index contributed by atoms with van der Waals surface area (Å²) in [5.41, 5.74) is 1.15. The minimum absolute atomic E-state index is 0.478. The van der Waals surface area contributed by atoms with Gasteiger partial charge in [-0.3, -0.25) is 0 Å². The second kappa shape index (κ2) is 7.06. The molecule has 0 heterocycles. The lowest BCUT2D eigenvalue weighted by Crippen LogP contribution is -2.32. The molecule has 0 aromatic rings. The van der Waals surface area contributed by atoms with E-state index in [1.807, 2.05) is 6.92 Å². The van der Waals surface area contributed by atoms with Crippen molar-refractivity contribution in [2.75, 3.05) is 20.1 Å². The lowest BCUT2D eigenvalue weighted by Gasteiger charge is -2.18. The molecule has 3 heteroatoms. The molecule has 0 aromatic heterocycles. The second-order valence-corrected chi connectivity index (χ2v) is 3.61. The highest BCUT2D eigenvalue weighted by atomic mass is 16.5. The molecule has 0 spiro atoms. The normalized spacial score (nSPS) is 13.3. The van der Waals surface area contributed by atoms with E-state index in [9.17, 15) is 0 Å². The Hall–Kier alpha value is -0.380. The van der Waals surface area contributed by atoms with Crippen LogP contribution in [0.25, 0.3) is 0 Å². The average molecular weight is 186 g/mol. The molecular weight excluding hydrogens is 164 g/mol. The van der Waals surface area contributed by atoms with E-state index in [4.69, 9.17) is 5.21 Å². The Morgan fingerprint density at radius 3 is 2.62 bits per heavy atom. The molecule has 13 heavy (non-hydrogen) atoms. The molecule has 0 aliphatic carbocycles. The highest BCUT2D eigenvalue weighted by Crippen LogP contribution is 1.99. The van der Waals surface area contributed by atoms with Crippen LogP contribution in [0.4, 0.5) is 0 Å². The SMILES string of the molecule is C=C(C)CNC(CC)CCN(C)O. The Morgan fingerprint density at radius 2 is 2.23 bits per heavy atom. The molecule has 0 saturated heterocycles. The van der Waals surface area contributed by atoms with Crippen molar-refractivity contribution in [3.63, 3.8) is 0 Å². The minimum atomic E-state index is 0.478. The number of hydroxylamine groups is 2. The molecule has 0 rings (SSSR count). The number of rotatable bonds is 7. The molecule has 0 aliphatic heterocycles. The monoisotopic (exact) mass is 186 g/mol. The number of nitrogens with one attached hydrogen (secondary N) is 1. The zero-order valence-corrected chi connectivity index (χ0v) is 9.01. The van der Waals surface area contributed by atoms with Crippen LogP contribution in [0.3, 0.4) is 0 Å². The minimum Gasteiger partial charge on any atom is -0.314 e. The van der Waals surface area contributed by atoms with Gasteiger partial charge in [0.1, 0.15) is 0 Å². The van der Waals surface area contributed by atoms with Crippen molar-refractivity contribution in [2.24, 2.45) is 0 Å². The zero-order chi connectivity index (χ0) is 10.3.